The number of benzene rings is 1. The molecule has 0 radical (unpaired) electrons. The van der Waals surface area contributed by atoms with Crippen molar-refractivity contribution in [2.75, 3.05) is 19.8 Å². The second-order valence-corrected chi connectivity index (χ2v) is 5.94. The average molecular weight is 339 g/mol. The van der Waals surface area contributed by atoms with Crippen LogP contribution in [0.5, 0.6) is 17.2 Å². The number of hydrogen-bond acceptors (Lipinski definition) is 5. The molecule has 136 valence electrons. The Morgan fingerprint density at radius 1 is 1.12 bits per heavy atom. The average Bonchev–Trinajstić information content (AvgIpc) is 2.50. The van der Waals surface area contributed by atoms with E-state index in [1.807, 2.05) is 39.8 Å². The summed E-state index contributed by atoms with van der Waals surface area (Å²) in [5.74, 6) is 0.627. The Morgan fingerprint density at radius 3 is 2.17 bits per heavy atom. The van der Waals surface area contributed by atoms with Crippen LogP contribution in [0.2, 0.25) is 0 Å². The van der Waals surface area contributed by atoms with E-state index in [0.717, 1.165) is 5.56 Å². The van der Waals surface area contributed by atoms with Crippen molar-refractivity contribution in [1.29, 1.82) is 0 Å². The maximum Gasteiger partial charge on any atom is 0.323 e. The highest BCUT2D eigenvalue weighted by atomic mass is 16.5. The molecule has 1 aromatic rings. The lowest BCUT2D eigenvalue weighted by molar-refractivity contribution is -0.143. The van der Waals surface area contributed by atoms with E-state index in [0.29, 0.717) is 37.1 Å². The summed E-state index contributed by atoms with van der Waals surface area (Å²) in [6.07, 6.45) is 0.280. The van der Waals surface area contributed by atoms with E-state index in [1.165, 1.54) is 6.92 Å². The first-order valence-electron chi connectivity index (χ1n) is 8.35. The highest BCUT2D eigenvalue weighted by Gasteiger charge is 2.32. The first-order chi connectivity index (χ1) is 11.3. The maximum atomic E-state index is 11.3. The number of rotatable bonds is 10. The molecule has 2 unspecified atom stereocenters. The van der Waals surface area contributed by atoms with E-state index in [1.54, 1.807) is 0 Å². The third-order valence-corrected chi connectivity index (χ3v) is 3.73. The molecule has 0 aliphatic heterocycles. The zero-order valence-electron chi connectivity index (χ0n) is 15.2. The van der Waals surface area contributed by atoms with Crippen molar-refractivity contribution < 1.29 is 24.1 Å². The Kier molecular flexibility index (Phi) is 7.35. The highest BCUT2D eigenvalue weighted by Crippen LogP contribution is 2.44. The lowest BCUT2D eigenvalue weighted by atomic mass is 9.86. The zero-order valence-corrected chi connectivity index (χ0v) is 15.2. The summed E-state index contributed by atoms with van der Waals surface area (Å²) in [6, 6.07) is 3.72. The van der Waals surface area contributed by atoms with Gasteiger partial charge in [0.05, 0.1) is 19.8 Å². The summed E-state index contributed by atoms with van der Waals surface area (Å²) in [5, 5.41) is 9.26. The second-order valence-electron chi connectivity index (χ2n) is 5.94. The zero-order chi connectivity index (χ0) is 18.3. The molecule has 1 rings (SSSR count). The minimum Gasteiger partial charge on any atom is -0.490 e. The van der Waals surface area contributed by atoms with E-state index in [4.69, 9.17) is 19.9 Å². The molecule has 0 saturated heterocycles. The van der Waals surface area contributed by atoms with Crippen molar-refractivity contribution in [3.8, 4) is 17.2 Å². The molecule has 0 spiro atoms. The van der Waals surface area contributed by atoms with Gasteiger partial charge >= 0.3 is 5.97 Å². The van der Waals surface area contributed by atoms with Crippen LogP contribution < -0.4 is 19.9 Å². The fourth-order valence-electron chi connectivity index (χ4n) is 2.62. The minimum atomic E-state index is -1.31. The van der Waals surface area contributed by atoms with Crippen LogP contribution in [0, 0.1) is 0 Å². The van der Waals surface area contributed by atoms with Gasteiger partial charge in [0.25, 0.3) is 0 Å². The van der Waals surface area contributed by atoms with E-state index in [2.05, 4.69) is 0 Å². The van der Waals surface area contributed by atoms with Crippen LogP contribution in [-0.2, 0) is 4.79 Å². The second kappa shape index (κ2) is 8.78. The molecule has 6 heteroatoms. The quantitative estimate of drug-likeness (QED) is 0.680. The molecule has 0 aliphatic rings. The number of hydrogen-bond donors (Lipinski definition) is 2. The van der Waals surface area contributed by atoms with Crippen LogP contribution in [0.1, 0.15) is 52.5 Å². The van der Waals surface area contributed by atoms with Gasteiger partial charge < -0.3 is 25.1 Å². The molecule has 3 N–H and O–H groups in total. The van der Waals surface area contributed by atoms with E-state index in [-0.39, 0.29) is 12.3 Å². The molecule has 0 aliphatic carbocycles. The van der Waals surface area contributed by atoms with Gasteiger partial charge in [0, 0.05) is 5.56 Å². The molecule has 0 aromatic heterocycles. The first-order valence-corrected chi connectivity index (χ1v) is 8.35. The number of carboxylic acid groups (broad SMARTS) is 1. The van der Waals surface area contributed by atoms with Crippen LogP contribution in [0.4, 0.5) is 0 Å². The van der Waals surface area contributed by atoms with Gasteiger partial charge in [-0.15, -0.1) is 0 Å². The number of aliphatic carboxylic acids is 1. The third kappa shape index (κ3) is 4.77. The fourth-order valence-corrected chi connectivity index (χ4v) is 2.62. The normalized spacial score (nSPS) is 14.6. The van der Waals surface area contributed by atoms with Crippen molar-refractivity contribution in [2.45, 2.75) is 52.5 Å². The SMILES string of the molecule is CCOc1ccc(C(C)CC(C)(N)C(=O)O)c(OCC)c1OCC. The van der Waals surface area contributed by atoms with Crippen molar-refractivity contribution in [3.05, 3.63) is 17.7 Å². The van der Waals surface area contributed by atoms with Gasteiger partial charge in [0.1, 0.15) is 5.54 Å². The molecule has 0 amide bonds. The predicted molar refractivity (Wildman–Crippen MR) is 93.2 cm³/mol. The molecular formula is C18H29NO5. The molecule has 24 heavy (non-hydrogen) atoms. The van der Waals surface area contributed by atoms with Crippen LogP contribution in [0.25, 0.3) is 0 Å². The van der Waals surface area contributed by atoms with Gasteiger partial charge in [-0.2, -0.15) is 0 Å². The topological polar surface area (TPSA) is 91.0 Å². The molecule has 0 heterocycles. The summed E-state index contributed by atoms with van der Waals surface area (Å²) in [4.78, 5) is 11.3. The Bertz CT molecular complexity index is 557. The Morgan fingerprint density at radius 2 is 1.67 bits per heavy atom. The van der Waals surface area contributed by atoms with Crippen molar-refractivity contribution >= 4 is 5.97 Å². The number of carboxylic acids is 1. The summed E-state index contributed by atoms with van der Waals surface area (Å²) < 4.78 is 17.2. The van der Waals surface area contributed by atoms with Crippen molar-refractivity contribution in [2.24, 2.45) is 5.73 Å². The number of ether oxygens (including phenoxy) is 3. The fraction of sp³-hybridized carbons (Fsp3) is 0.611. The van der Waals surface area contributed by atoms with Gasteiger partial charge in [-0.1, -0.05) is 13.0 Å². The van der Waals surface area contributed by atoms with Gasteiger partial charge in [0.2, 0.25) is 5.75 Å². The van der Waals surface area contributed by atoms with Crippen molar-refractivity contribution in [3.63, 3.8) is 0 Å². The minimum absolute atomic E-state index is 0.118. The summed E-state index contributed by atoms with van der Waals surface area (Å²) in [5.41, 5.74) is 5.45. The van der Waals surface area contributed by atoms with E-state index < -0.39 is 11.5 Å². The van der Waals surface area contributed by atoms with E-state index >= 15 is 0 Å². The monoisotopic (exact) mass is 339 g/mol. The smallest absolute Gasteiger partial charge is 0.323 e. The number of nitrogens with two attached hydrogens (primary N) is 1. The van der Waals surface area contributed by atoms with Gasteiger partial charge in [-0.05, 0) is 46.1 Å². The summed E-state index contributed by atoms with van der Waals surface area (Å²) in [7, 11) is 0. The van der Waals surface area contributed by atoms with Crippen LogP contribution in [0.15, 0.2) is 12.1 Å². The van der Waals surface area contributed by atoms with Crippen molar-refractivity contribution in [1.82, 2.24) is 0 Å². The lowest BCUT2D eigenvalue weighted by Gasteiger charge is -2.26. The first kappa shape index (κ1) is 20.1. The molecule has 2 atom stereocenters. The molecule has 0 fully saturated rings. The molecule has 0 saturated carbocycles. The van der Waals surface area contributed by atoms with Gasteiger partial charge in [0.15, 0.2) is 11.5 Å². The Hall–Kier alpha value is -1.95. The van der Waals surface area contributed by atoms with Crippen LogP contribution >= 0.6 is 0 Å². The maximum absolute atomic E-state index is 11.3. The molecular weight excluding hydrogens is 310 g/mol. The summed E-state index contributed by atoms with van der Waals surface area (Å²) in [6.45, 7) is 10.6. The molecule has 6 nitrogen and oxygen atoms in total. The molecule has 0 bridgehead atoms. The number of carbonyl (C=O) groups is 1. The van der Waals surface area contributed by atoms with Crippen LogP contribution in [-0.4, -0.2) is 36.4 Å². The predicted octanol–water partition coefficient (Wildman–Crippen LogP) is 3.18. The molecule has 1 aromatic carbocycles. The van der Waals surface area contributed by atoms with Crippen LogP contribution in [0.3, 0.4) is 0 Å². The third-order valence-electron chi connectivity index (χ3n) is 3.73. The summed E-state index contributed by atoms with van der Waals surface area (Å²) >= 11 is 0. The van der Waals surface area contributed by atoms with Gasteiger partial charge in [-0.3, -0.25) is 4.79 Å². The highest BCUT2D eigenvalue weighted by molar-refractivity contribution is 5.78. The largest absolute Gasteiger partial charge is 0.490 e. The Balaban J connectivity index is 3.30. The Labute approximate surface area is 143 Å². The van der Waals surface area contributed by atoms with Gasteiger partial charge in [-0.25, -0.2) is 0 Å². The standard InChI is InChI=1S/C18H29NO5/c1-6-22-14-10-9-13(12(4)11-18(5,19)17(20)21)15(23-7-2)16(14)24-8-3/h9-10,12H,6-8,11,19H2,1-5H3,(H,20,21). The van der Waals surface area contributed by atoms with E-state index in [9.17, 15) is 9.90 Å². The lowest BCUT2D eigenvalue weighted by Crippen LogP contribution is -2.45.